The Kier molecular flexibility index (Phi) is 11.5. The summed E-state index contributed by atoms with van der Waals surface area (Å²) in [4.78, 5) is 75.9. The van der Waals surface area contributed by atoms with E-state index in [1.165, 1.54) is 13.1 Å². The fraction of sp³-hybridized carbons (Fsp3) is 0.625. The van der Waals surface area contributed by atoms with Crippen molar-refractivity contribution in [1.82, 2.24) is 14.9 Å². The minimum absolute atomic E-state index is 0.309. The van der Waals surface area contributed by atoms with Crippen molar-refractivity contribution in [3.8, 4) is 0 Å². The van der Waals surface area contributed by atoms with E-state index in [1.54, 1.807) is 17.8 Å². The fourth-order valence-corrected chi connectivity index (χ4v) is 5.29. The number of rotatable bonds is 11. The molecule has 6 atom stereocenters. The van der Waals surface area contributed by atoms with E-state index in [-0.39, 0.29) is 6.42 Å². The van der Waals surface area contributed by atoms with Gasteiger partial charge < -0.3 is 38.3 Å². The highest BCUT2D eigenvalue weighted by Gasteiger charge is 2.59. The zero-order valence-electron chi connectivity index (χ0n) is 23.2. The van der Waals surface area contributed by atoms with Crippen molar-refractivity contribution in [2.75, 3.05) is 13.7 Å². The monoisotopic (exact) mass is 587 g/mol. The van der Waals surface area contributed by atoms with E-state index >= 15 is 0 Å². The molecule has 16 heteroatoms. The van der Waals surface area contributed by atoms with Crippen LogP contribution in [-0.2, 0) is 64.2 Å². The Hall–Kier alpha value is -3.66. The van der Waals surface area contributed by atoms with Gasteiger partial charge in [-0.05, 0) is 11.8 Å². The van der Waals surface area contributed by atoms with Crippen LogP contribution in [0.5, 0.6) is 0 Å². The third-order valence-electron chi connectivity index (χ3n) is 5.53. The Labute approximate surface area is 234 Å². The van der Waals surface area contributed by atoms with E-state index in [4.69, 9.17) is 28.4 Å². The van der Waals surface area contributed by atoms with Gasteiger partial charge in [-0.25, -0.2) is 9.78 Å². The maximum atomic E-state index is 13.3. The predicted octanol–water partition coefficient (Wildman–Crippen LogP) is 0.0333. The van der Waals surface area contributed by atoms with Gasteiger partial charge in [0, 0.05) is 60.5 Å². The quantitative estimate of drug-likeness (QED) is 0.270. The number of amides is 1. The number of ether oxygens (including phenoxy) is 6. The molecule has 2 heterocycles. The van der Waals surface area contributed by atoms with E-state index in [9.17, 15) is 28.8 Å². The van der Waals surface area contributed by atoms with Crippen molar-refractivity contribution < 1.29 is 57.2 Å². The van der Waals surface area contributed by atoms with Gasteiger partial charge in [-0.3, -0.25) is 24.0 Å². The first kappa shape index (κ1) is 32.6. The summed E-state index contributed by atoms with van der Waals surface area (Å²) >= 11 is 0.831. The maximum Gasteiger partial charge on any atom is 0.349 e. The summed E-state index contributed by atoms with van der Waals surface area (Å²) in [6, 6.07) is -1.24. The smallest absolute Gasteiger partial charge is 0.349 e. The van der Waals surface area contributed by atoms with Crippen molar-refractivity contribution >= 4 is 47.5 Å². The van der Waals surface area contributed by atoms with Crippen molar-refractivity contribution in [2.45, 2.75) is 81.6 Å². The van der Waals surface area contributed by atoms with Crippen LogP contribution in [-0.4, -0.2) is 94.4 Å². The summed E-state index contributed by atoms with van der Waals surface area (Å²) in [7, 11) is 2.79. The zero-order chi connectivity index (χ0) is 30.2. The van der Waals surface area contributed by atoms with Gasteiger partial charge in [0.1, 0.15) is 18.8 Å². The lowest BCUT2D eigenvalue weighted by Gasteiger charge is -2.48. The molecular weight excluding hydrogens is 554 g/mol. The summed E-state index contributed by atoms with van der Waals surface area (Å²) in [6.45, 7) is 5.01. The van der Waals surface area contributed by atoms with Gasteiger partial charge >= 0.3 is 29.8 Å². The molecule has 0 spiro atoms. The van der Waals surface area contributed by atoms with E-state index in [0.717, 1.165) is 46.6 Å². The Bertz CT molecular complexity index is 1120. The maximum absolute atomic E-state index is 13.3. The molecule has 0 aromatic carbocycles. The SMILES string of the molecule is COC(=O)[C@@]1(Sc2nccn2C)C[C@H](OC(C)=O)[C@@H](NC(C)=O)[C@H]([C@H](OC(C)=O)[C@@H](COC(C)=O)OC(C)=O)O1. The lowest BCUT2D eigenvalue weighted by atomic mass is 9.89. The molecular formula is C24H33N3O12S. The number of methoxy groups -OCH3 is 1. The van der Waals surface area contributed by atoms with Crippen LogP contribution in [0, 0.1) is 0 Å². The number of imidazole rings is 1. The van der Waals surface area contributed by atoms with Crippen molar-refractivity contribution in [2.24, 2.45) is 7.05 Å². The van der Waals surface area contributed by atoms with Crippen molar-refractivity contribution in [3.05, 3.63) is 12.4 Å². The minimum Gasteiger partial charge on any atom is -0.466 e. The standard InChI is InChI=1S/C24H33N3O12S/c1-12(28)26-19-17(36-14(3)30)10-24(22(33)34-7,40-23-25-8-9-27(23)6)39-21(19)20(38-16(5)32)18(37-15(4)31)11-35-13(2)29/h8-9,17-21H,10-11H2,1-7H3,(H,26,28)/t17-,18+,19+,20+,21+,24-/m0/s1. The Balaban J connectivity index is 2.77. The largest absolute Gasteiger partial charge is 0.466 e. The Morgan fingerprint density at radius 2 is 1.73 bits per heavy atom. The van der Waals surface area contributed by atoms with E-state index < -0.39 is 77.8 Å². The van der Waals surface area contributed by atoms with Gasteiger partial charge in [-0.2, -0.15) is 0 Å². The number of nitrogens with zero attached hydrogens (tertiary/aromatic N) is 2. The number of hydrogen-bond donors (Lipinski definition) is 1. The average molecular weight is 588 g/mol. The van der Waals surface area contributed by atoms with Gasteiger partial charge in [-0.1, -0.05) is 0 Å². The van der Waals surface area contributed by atoms with Crippen molar-refractivity contribution in [3.63, 3.8) is 0 Å². The highest BCUT2D eigenvalue weighted by atomic mass is 32.2. The zero-order valence-corrected chi connectivity index (χ0v) is 24.0. The van der Waals surface area contributed by atoms with Gasteiger partial charge in [0.2, 0.25) is 10.8 Å². The molecule has 40 heavy (non-hydrogen) atoms. The molecule has 1 aromatic rings. The summed E-state index contributed by atoms with van der Waals surface area (Å²) in [6.07, 6.45) is -3.02. The summed E-state index contributed by atoms with van der Waals surface area (Å²) in [5, 5.41) is 2.93. The Morgan fingerprint density at radius 3 is 2.20 bits per heavy atom. The first-order valence-electron chi connectivity index (χ1n) is 12.0. The second kappa shape index (κ2) is 14.1. The summed E-state index contributed by atoms with van der Waals surface area (Å²) < 4.78 is 34.4. The van der Waals surface area contributed by atoms with Crippen LogP contribution in [0.15, 0.2) is 17.6 Å². The van der Waals surface area contributed by atoms with Crippen LogP contribution in [0.3, 0.4) is 0 Å². The predicted molar refractivity (Wildman–Crippen MR) is 134 cm³/mol. The number of nitrogens with one attached hydrogen (secondary N) is 1. The van der Waals surface area contributed by atoms with Gasteiger partial charge in [0.05, 0.1) is 13.2 Å². The van der Waals surface area contributed by atoms with Crippen LogP contribution in [0.1, 0.15) is 41.0 Å². The number of thioether (sulfide) groups is 1. The molecule has 0 bridgehead atoms. The molecule has 2 rings (SSSR count). The fourth-order valence-electron chi connectivity index (χ4n) is 4.10. The van der Waals surface area contributed by atoms with Crippen molar-refractivity contribution in [1.29, 1.82) is 0 Å². The molecule has 1 aliphatic heterocycles. The second-order valence-corrected chi connectivity index (χ2v) is 10.1. The van der Waals surface area contributed by atoms with E-state index in [0.29, 0.717) is 5.16 Å². The topological polar surface area (TPSA) is 188 Å². The Morgan fingerprint density at radius 1 is 1.07 bits per heavy atom. The van der Waals surface area contributed by atoms with Crippen LogP contribution in [0.2, 0.25) is 0 Å². The second-order valence-electron chi connectivity index (χ2n) is 8.85. The molecule has 1 amide bonds. The number of esters is 5. The molecule has 15 nitrogen and oxygen atoms in total. The normalized spacial score (nSPS) is 23.6. The van der Waals surface area contributed by atoms with E-state index in [1.807, 2.05) is 0 Å². The third kappa shape index (κ3) is 8.67. The lowest BCUT2D eigenvalue weighted by molar-refractivity contribution is -0.224. The molecule has 1 fully saturated rings. The molecule has 222 valence electrons. The van der Waals surface area contributed by atoms with Gasteiger partial charge in [0.15, 0.2) is 17.4 Å². The molecule has 1 aliphatic rings. The molecule has 0 saturated carbocycles. The molecule has 0 radical (unpaired) electrons. The van der Waals surface area contributed by atoms with Crippen LogP contribution >= 0.6 is 11.8 Å². The number of aromatic nitrogens is 2. The first-order valence-corrected chi connectivity index (χ1v) is 12.9. The highest BCUT2D eigenvalue weighted by Crippen LogP contribution is 2.45. The number of hydrogen-bond acceptors (Lipinski definition) is 14. The van der Waals surface area contributed by atoms with E-state index in [2.05, 4.69) is 10.3 Å². The molecule has 1 saturated heterocycles. The minimum atomic E-state index is -1.96. The lowest BCUT2D eigenvalue weighted by Crippen LogP contribution is -2.68. The average Bonchev–Trinajstić information content (AvgIpc) is 3.24. The number of carbonyl (C=O) groups excluding carboxylic acids is 6. The molecule has 1 aromatic heterocycles. The summed E-state index contributed by atoms with van der Waals surface area (Å²) in [5.74, 6) is -4.64. The van der Waals surface area contributed by atoms with Crippen LogP contribution in [0.25, 0.3) is 0 Å². The van der Waals surface area contributed by atoms with Crippen LogP contribution in [0.4, 0.5) is 0 Å². The molecule has 0 unspecified atom stereocenters. The highest BCUT2D eigenvalue weighted by molar-refractivity contribution is 8.01. The third-order valence-corrected chi connectivity index (χ3v) is 6.86. The molecule has 1 N–H and O–H groups in total. The summed E-state index contributed by atoms with van der Waals surface area (Å²) in [5.41, 5.74) is 0. The van der Waals surface area contributed by atoms with Gasteiger partial charge in [0.25, 0.3) is 0 Å². The van der Waals surface area contributed by atoms with Gasteiger partial charge in [-0.15, -0.1) is 0 Å². The number of carbonyl (C=O) groups is 6. The first-order chi connectivity index (χ1) is 18.7. The van der Waals surface area contributed by atoms with Crippen LogP contribution < -0.4 is 5.32 Å². The number of aryl methyl sites for hydroxylation is 1. The molecule has 0 aliphatic carbocycles.